The normalized spacial score (nSPS) is 11.0. The maximum atomic E-state index is 9.70. The Kier molecular flexibility index (Phi) is 8.38. The average molecular weight is 804 g/mol. The van der Waals surface area contributed by atoms with Gasteiger partial charge in [0.15, 0.2) is 0 Å². The minimum atomic E-state index is -0.0456. The van der Waals surface area contributed by atoms with E-state index in [1.165, 1.54) is 17.7 Å². The van der Waals surface area contributed by atoms with Gasteiger partial charge in [0, 0.05) is 29.1 Å². The third kappa shape index (κ3) is 5.71. The molecule has 3 aromatic carbocycles. The molecule has 7 rings (SSSR count). The molecule has 0 saturated carbocycles. The van der Waals surface area contributed by atoms with Crippen molar-refractivity contribution >= 4 is 21.8 Å². The van der Waals surface area contributed by atoms with E-state index in [0.29, 0.717) is 34.3 Å². The molecule has 0 spiro atoms. The summed E-state index contributed by atoms with van der Waals surface area (Å²) in [7, 11) is 0. The summed E-state index contributed by atoms with van der Waals surface area (Å²) >= 11 is 0. The topological polar surface area (TPSA) is 138 Å². The van der Waals surface area contributed by atoms with Crippen LogP contribution in [0.4, 0.5) is 0 Å². The molecule has 0 fully saturated rings. The Morgan fingerprint density at radius 3 is 2.31 bits per heavy atom. The monoisotopic (exact) mass is 803 g/mol. The van der Waals surface area contributed by atoms with E-state index in [1.807, 2.05) is 42.6 Å². The van der Waals surface area contributed by atoms with Crippen molar-refractivity contribution in [2.45, 2.75) is 26.2 Å². The number of fused-ring (bicyclic) bond motifs is 3. The van der Waals surface area contributed by atoms with Crippen molar-refractivity contribution in [3.05, 3.63) is 119 Å². The number of hydrogen-bond acceptors (Lipinski definition) is 7. The Balaban J connectivity index is 0.00000401. The van der Waals surface area contributed by atoms with Crippen LogP contribution in [0, 0.1) is 40.1 Å². The van der Waals surface area contributed by atoms with E-state index >= 15 is 0 Å². The summed E-state index contributed by atoms with van der Waals surface area (Å²) in [6, 6.07) is 35.6. The van der Waals surface area contributed by atoms with E-state index in [2.05, 4.69) is 76.9 Å². The Hall–Kier alpha value is -6.07. The zero-order valence-corrected chi connectivity index (χ0v) is 28.2. The first-order chi connectivity index (χ1) is 22.8. The Bertz CT molecular complexity index is 2450. The van der Waals surface area contributed by atoms with Gasteiger partial charge in [-0.25, -0.2) is 9.97 Å². The van der Waals surface area contributed by atoms with Crippen molar-refractivity contribution in [1.29, 1.82) is 15.8 Å². The minimum Gasteiger partial charge on any atom is -0.573 e. The van der Waals surface area contributed by atoms with Crippen molar-refractivity contribution in [2.75, 3.05) is 0 Å². The first-order valence-corrected chi connectivity index (χ1v) is 14.7. The fraction of sp³-hybridized carbons (Fsp3) is 0.105. The fourth-order valence-corrected chi connectivity index (χ4v) is 5.61. The zero-order valence-electron chi connectivity index (χ0n) is 26.0. The van der Waals surface area contributed by atoms with Crippen molar-refractivity contribution in [3.8, 4) is 58.3 Å². The quantitative estimate of drug-likeness (QED) is 0.161. The standard InChI is InChI=1S/C38H24N8O.Pt/c1-38(2,3)26-13-14-42-35(17-26)46-33-9-5-4-7-28(33)29-12-11-27(18-34(29)46)47-36-10-6-8-30(43-36)31-19-32(45-44-31)37-24(21-40)15-23(20-39)16-25(37)22-41;/h4-17,19H,1-3H3;/q-2;+2. The van der Waals surface area contributed by atoms with Crippen LogP contribution in [-0.4, -0.2) is 19.6 Å². The van der Waals surface area contributed by atoms with Crippen LogP contribution in [-0.2, 0) is 26.5 Å². The van der Waals surface area contributed by atoms with Gasteiger partial charge in [-0.1, -0.05) is 56.2 Å². The molecule has 7 aromatic rings. The van der Waals surface area contributed by atoms with Crippen molar-refractivity contribution in [3.63, 3.8) is 0 Å². The molecule has 0 N–H and O–H groups in total. The first kappa shape index (κ1) is 31.9. The van der Waals surface area contributed by atoms with E-state index < -0.39 is 0 Å². The van der Waals surface area contributed by atoms with Crippen molar-refractivity contribution in [1.82, 2.24) is 24.7 Å². The van der Waals surface area contributed by atoms with E-state index in [9.17, 15) is 15.8 Å². The number of hydrogen-bond donors (Lipinski definition) is 0. The molecule has 0 bridgehead atoms. The van der Waals surface area contributed by atoms with Gasteiger partial charge < -0.3 is 19.5 Å². The van der Waals surface area contributed by atoms with Gasteiger partial charge in [-0.05, 0) is 58.8 Å². The molecule has 0 atom stereocenters. The molecule has 10 heteroatoms. The molecule has 0 aliphatic rings. The van der Waals surface area contributed by atoms with E-state index in [4.69, 9.17) is 9.72 Å². The number of para-hydroxylation sites is 1. The molecule has 0 aliphatic heterocycles. The predicted molar refractivity (Wildman–Crippen MR) is 177 cm³/mol. The molecule has 4 heterocycles. The summed E-state index contributed by atoms with van der Waals surface area (Å²) in [4.78, 5) is 9.40. The van der Waals surface area contributed by atoms with E-state index in [-0.39, 0.29) is 43.2 Å². The minimum absolute atomic E-state index is 0. The number of ether oxygens (including phenoxy) is 1. The van der Waals surface area contributed by atoms with Gasteiger partial charge in [0.05, 0.1) is 46.3 Å². The van der Waals surface area contributed by atoms with Gasteiger partial charge in [-0.15, -0.1) is 17.5 Å². The molecule has 232 valence electrons. The summed E-state index contributed by atoms with van der Waals surface area (Å²) in [5.74, 6) is 1.60. The fourth-order valence-electron chi connectivity index (χ4n) is 5.61. The van der Waals surface area contributed by atoms with Gasteiger partial charge in [0.2, 0.25) is 5.88 Å². The molecule has 0 amide bonds. The summed E-state index contributed by atoms with van der Waals surface area (Å²) in [6.07, 6.45) is 1.84. The first-order valence-electron chi connectivity index (χ1n) is 14.7. The molecular weight excluding hydrogens is 780 g/mol. The number of benzene rings is 3. The van der Waals surface area contributed by atoms with Gasteiger partial charge in [-0.3, -0.25) is 0 Å². The number of nitrogens with zero attached hydrogens (tertiary/aromatic N) is 8. The average Bonchev–Trinajstić information content (AvgIpc) is 3.70. The number of aromatic nitrogens is 5. The molecule has 0 saturated heterocycles. The predicted octanol–water partition coefficient (Wildman–Crippen LogP) is 7.76. The molecule has 48 heavy (non-hydrogen) atoms. The van der Waals surface area contributed by atoms with Crippen LogP contribution in [0.2, 0.25) is 0 Å². The number of nitriles is 3. The summed E-state index contributed by atoms with van der Waals surface area (Å²) in [5.41, 5.74) is 5.11. The second-order valence-electron chi connectivity index (χ2n) is 11.9. The van der Waals surface area contributed by atoms with Gasteiger partial charge >= 0.3 is 21.1 Å². The Morgan fingerprint density at radius 1 is 0.812 bits per heavy atom. The van der Waals surface area contributed by atoms with Crippen LogP contribution >= 0.6 is 0 Å². The zero-order chi connectivity index (χ0) is 32.7. The maximum Gasteiger partial charge on any atom is 2.00 e. The number of pyridine rings is 2. The van der Waals surface area contributed by atoms with Crippen LogP contribution < -0.4 is 9.84 Å². The van der Waals surface area contributed by atoms with Crippen molar-refractivity contribution in [2.24, 2.45) is 0 Å². The van der Waals surface area contributed by atoms with Gasteiger partial charge in [0.25, 0.3) is 0 Å². The van der Waals surface area contributed by atoms with Gasteiger partial charge in [0.1, 0.15) is 5.82 Å². The smallest absolute Gasteiger partial charge is 0.573 e. The maximum absolute atomic E-state index is 9.70. The molecule has 0 radical (unpaired) electrons. The Morgan fingerprint density at radius 2 is 1.58 bits per heavy atom. The summed E-state index contributed by atoms with van der Waals surface area (Å²) in [5, 5.41) is 39.3. The van der Waals surface area contributed by atoms with Crippen LogP contribution in [0.5, 0.6) is 11.6 Å². The SMILES string of the molecule is CC(C)(C)c1ccnc(-n2c3[c-]c(Oc4cccc(-c5cc(-c6c(C#N)cc(C#N)cc6C#N)n[n-]5)n4)ccc3c3ccccc32)c1.[Pt+2]. The van der Waals surface area contributed by atoms with Crippen molar-refractivity contribution < 1.29 is 25.8 Å². The van der Waals surface area contributed by atoms with Crippen LogP contribution in [0.1, 0.15) is 43.0 Å². The molecule has 9 nitrogen and oxygen atoms in total. The largest absolute Gasteiger partial charge is 2.00 e. The summed E-state index contributed by atoms with van der Waals surface area (Å²) < 4.78 is 8.34. The number of rotatable bonds is 5. The van der Waals surface area contributed by atoms with Crippen LogP contribution in [0.25, 0.3) is 50.3 Å². The molecular formula is C38H24N8OPt. The Labute approximate surface area is 291 Å². The third-order valence-electron chi connectivity index (χ3n) is 7.90. The molecule has 0 unspecified atom stereocenters. The van der Waals surface area contributed by atoms with E-state index in [1.54, 1.807) is 24.3 Å². The van der Waals surface area contributed by atoms with E-state index in [0.717, 1.165) is 27.6 Å². The second-order valence-corrected chi connectivity index (χ2v) is 11.9. The molecule has 0 aliphatic carbocycles. The van der Waals surface area contributed by atoms with Crippen LogP contribution in [0.15, 0.2) is 91.1 Å². The summed E-state index contributed by atoms with van der Waals surface area (Å²) in [6.45, 7) is 6.54. The van der Waals surface area contributed by atoms with Gasteiger partial charge in [-0.2, -0.15) is 21.9 Å². The third-order valence-corrected chi connectivity index (χ3v) is 7.90. The molecule has 4 aromatic heterocycles. The van der Waals surface area contributed by atoms with Crippen LogP contribution in [0.3, 0.4) is 0 Å². The second kappa shape index (κ2) is 12.6.